The van der Waals surface area contributed by atoms with E-state index in [0.29, 0.717) is 16.2 Å². The summed E-state index contributed by atoms with van der Waals surface area (Å²) in [6.07, 6.45) is 1.83. The van der Waals surface area contributed by atoms with Gasteiger partial charge in [-0.15, -0.1) is 0 Å². The van der Waals surface area contributed by atoms with Crippen molar-refractivity contribution >= 4 is 28.5 Å². The van der Waals surface area contributed by atoms with Crippen LogP contribution in [-0.4, -0.2) is 16.8 Å². The fourth-order valence-electron chi connectivity index (χ4n) is 2.84. The lowest BCUT2D eigenvalue weighted by Crippen LogP contribution is -2.32. The highest BCUT2D eigenvalue weighted by Crippen LogP contribution is 2.32. The average Bonchev–Trinajstić information content (AvgIpc) is 3.31. The predicted octanol–water partition coefficient (Wildman–Crippen LogP) is 5.03. The second-order valence-corrected chi connectivity index (χ2v) is 6.42. The number of carbonyl (C=O) groups is 1. The molecule has 122 valence electrons. The van der Waals surface area contributed by atoms with Gasteiger partial charge in [0.1, 0.15) is 11.4 Å². The van der Waals surface area contributed by atoms with Gasteiger partial charge in [0.25, 0.3) is 5.91 Å². The fraction of sp³-hybridized carbons (Fsp3) is 0.211. The minimum atomic E-state index is -0.398. The molecule has 1 aliphatic carbocycles. The number of hydrogen-bond donors (Lipinski definition) is 0. The topological polar surface area (TPSA) is 33.5 Å². The van der Waals surface area contributed by atoms with Crippen molar-refractivity contribution in [1.29, 1.82) is 0 Å². The molecule has 0 saturated heterocycles. The molecule has 0 unspecified atom stereocenters. The molecule has 1 aliphatic rings. The van der Waals surface area contributed by atoms with Crippen molar-refractivity contribution < 1.29 is 13.6 Å². The molecular formula is C19H15ClFNO2. The maximum absolute atomic E-state index is 14.1. The van der Waals surface area contributed by atoms with Gasteiger partial charge in [0.15, 0.2) is 5.76 Å². The van der Waals surface area contributed by atoms with Gasteiger partial charge in [-0.2, -0.15) is 0 Å². The van der Waals surface area contributed by atoms with E-state index in [1.165, 1.54) is 6.07 Å². The van der Waals surface area contributed by atoms with Crippen LogP contribution in [0.3, 0.4) is 0 Å². The second kappa shape index (κ2) is 5.95. The second-order valence-electron chi connectivity index (χ2n) is 6.01. The molecule has 0 atom stereocenters. The van der Waals surface area contributed by atoms with Crippen LogP contribution in [0.2, 0.25) is 5.02 Å². The van der Waals surface area contributed by atoms with Crippen LogP contribution in [0.1, 0.15) is 29.0 Å². The standard InChI is InChI=1S/C19H15ClFNO2/c20-15-5-3-6-16(21)14(15)11-22(13-8-9-13)19(23)18-10-12-4-1-2-7-17(12)24-18/h1-7,10,13H,8-9,11H2. The fourth-order valence-corrected chi connectivity index (χ4v) is 3.06. The lowest BCUT2D eigenvalue weighted by Gasteiger charge is -2.22. The maximum atomic E-state index is 14.1. The molecular weight excluding hydrogens is 329 g/mol. The van der Waals surface area contributed by atoms with E-state index in [-0.39, 0.29) is 24.3 Å². The SMILES string of the molecule is O=C(c1cc2ccccc2o1)N(Cc1c(F)cccc1Cl)C1CC1. The Labute approximate surface area is 143 Å². The molecule has 0 spiro atoms. The predicted molar refractivity (Wildman–Crippen MR) is 90.5 cm³/mol. The van der Waals surface area contributed by atoms with Crippen LogP contribution in [0.5, 0.6) is 0 Å². The van der Waals surface area contributed by atoms with Gasteiger partial charge in [-0.3, -0.25) is 4.79 Å². The van der Waals surface area contributed by atoms with Gasteiger partial charge in [-0.25, -0.2) is 4.39 Å². The molecule has 0 bridgehead atoms. The summed E-state index contributed by atoms with van der Waals surface area (Å²) >= 11 is 6.11. The van der Waals surface area contributed by atoms with Crippen LogP contribution in [0.15, 0.2) is 52.9 Å². The lowest BCUT2D eigenvalue weighted by atomic mass is 10.2. The van der Waals surface area contributed by atoms with E-state index in [1.54, 1.807) is 23.1 Å². The smallest absolute Gasteiger partial charge is 0.290 e. The third-order valence-corrected chi connectivity index (χ3v) is 4.63. The van der Waals surface area contributed by atoms with Crippen molar-refractivity contribution in [2.45, 2.75) is 25.4 Å². The van der Waals surface area contributed by atoms with Crippen LogP contribution in [0.4, 0.5) is 4.39 Å². The molecule has 1 amide bonds. The Hall–Kier alpha value is -2.33. The largest absolute Gasteiger partial charge is 0.451 e. The highest BCUT2D eigenvalue weighted by atomic mass is 35.5. The highest BCUT2D eigenvalue weighted by Gasteiger charge is 2.35. The third kappa shape index (κ3) is 2.78. The molecule has 4 rings (SSSR count). The van der Waals surface area contributed by atoms with Crippen molar-refractivity contribution in [3.63, 3.8) is 0 Å². The zero-order chi connectivity index (χ0) is 16.7. The number of rotatable bonds is 4. The lowest BCUT2D eigenvalue weighted by molar-refractivity contribution is 0.0698. The molecule has 3 nitrogen and oxygen atoms in total. The molecule has 5 heteroatoms. The summed E-state index contributed by atoms with van der Waals surface area (Å²) in [6.45, 7) is 0.145. The molecule has 2 aromatic carbocycles. The Kier molecular flexibility index (Phi) is 3.77. The molecule has 1 saturated carbocycles. The summed E-state index contributed by atoms with van der Waals surface area (Å²) in [4.78, 5) is 14.5. The first kappa shape index (κ1) is 15.2. The summed E-state index contributed by atoms with van der Waals surface area (Å²) in [6, 6.07) is 13.9. The van der Waals surface area contributed by atoms with Crippen LogP contribution < -0.4 is 0 Å². The Morgan fingerprint density at radius 3 is 2.71 bits per heavy atom. The van der Waals surface area contributed by atoms with Crippen molar-refractivity contribution in [3.05, 3.63) is 70.7 Å². The molecule has 1 aromatic heterocycles. The van der Waals surface area contributed by atoms with Crippen molar-refractivity contribution in [3.8, 4) is 0 Å². The summed E-state index contributed by atoms with van der Waals surface area (Å²) in [7, 11) is 0. The van der Waals surface area contributed by atoms with Gasteiger partial charge in [-0.1, -0.05) is 35.9 Å². The zero-order valence-electron chi connectivity index (χ0n) is 12.8. The number of nitrogens with zero attached hydrogens (tertiary/aromatic N) is 1. The molecule has 24 heavy (non-hydrogen) atoms. The Balaban J connectivity index is 1.66. The summed E-state index contributed by atoms with van der Waals surface area (Å²) < 4.78 is 19.8. The summed E-state index contributed by atoms with van der Waals surface area (Å²) in [5, 5.41) is 1.21. The normalized spacial score (nSPS) is 14.1. The Bertz CT molecular complexity index is 863. The highest BCUT2D eigenvalue weighted by molar-refractivity contribution is 6.31. The average molecular weight is 344 g/mol. The van der Waals surface area contributed by atoms with E-state index in [0.717, 1.165) is 18.2 Å². The quantitative estimate of drug-likeness (QED) is 0.665. The van der Waals surface area contributed by atoms with Crippen molar-refractivity contribution in [1.82, 2.24) is 4.90 Å². The van der Waals surface area contributed by atoms with E-state index in [9.17, 15) is 9.18 Å². The number of benzene rings is 2. The van der Waals surface area contributed by atoms with Gasteiger partial charge in [-0.05, 0) is 37.1 Å². The summed E-state index contributed by atoms with van der Waals surface area (Å²) in [5.74, 6) is -0.353. The number of amides is 1. The molecule has 0 aliphatic heterocycles. The van der Waals surface area contributed by atoms with Crippen molar-refractivity contribution in [2.75, 3.05) is 0 Å². The molecule has 1 heterocycles. The van der Waals surface area contributed by atoms with Gasteiger partial charge < -0.3 is 9.32 Å². The first-order chi connectivity index (χ1) is 11.6. The van der Waals surface area contributed by atoms with Gasteiger partial charge in [0.2, 0.25) is 0 Å². The number of halogens is 2. The number of furan rings is 1. The monoisotopic (exact) mass is 343 g/mol. The van der Waals surface area contributed by atoms with Crippen molar-refractivity contribution in [2.24, 2.45) is 0 Å². The van der Waals surface area contributed by atoms with E-state index in [4.69, 9.17) is 16.0 Å². The summed E-state index contributed by atoms with van der Waals surface area (Å²) in [5.41, 5.74) is 1.01. The molecule has 1 fully saturated rings. The number of fused-ring (bicyclic) bond motifs is 1. The maximum Gasteiger partial charge on any atom is 0.290 e. The van der Waals surface area contributed by atoms with Gasteiger partial charge in [0, 0.05) is 22.0 Å². The van der Waals surface area contributed by atoms with Crippen LogP contribution in [-0.2, 0) is 6.54 Å². The third-order valence-electron chi connectivity index (χ3n) is 4.27. The first-order valence-electron chi connectivity index (χ1n) is 7.86. The zero-order valence-corrected chi connectivity index (χ0v) is 13.6. The van der Waals surface area contributed by atoms with E-state index in [1.807, 2.05) is 24.3 Å². The van der Waals surface area contributed by atoms with E-state index >= 15 is 0 Å². The number of para-hydroxylation sites is 1. The number of carbonyl (C=O) groups excluding carboxylic acids is 1. The van der Waals surface area contributed by atoms with Gasteiger partial charge >= 0.3 is 0 Å². The van der Waals surface area contributed by atoms with E-state index < -0.39 is 5.82 Å². The minimum Gasteiger partial charge on any atom is -0.451 e. The van der Waals surface area contributed by atoms with Crippen LogP contribution >= 0.6 is 11.6 Å². The van der Waals surface area contributed by atoms with E-state index in [2.05, 4.69) is 0 Å². The molecule has 0 N–H and O–H groups in total. The minimum absolute atomic E-state index is 0.112. The van der Waals surface area contributed by atoms with Crippen LogP contribution in [0, 0.1) is 5.82 Å². The van der Waals surface area contributed by atoms with Gasteiger partial charge in [0.05, 0.1) is 6.54 Å². The Morgan fingerprint density at radius 1 is 1.21 bits per heavy atom. The molecule has 0 radical (unpaired) electrons. The number of hydrogen-bond acceptors (Lipinski definition) is 2. The Morgan fingerprint density at radius 2 is 2.00 bits per heavy atom. The first-order valence-corrected chi connectivity index (χ1v) is 8.24. The molecule has 3 aromatic rings. The van der Waals surface area contributed by atoms with Crippen LogP contribution in [0.25, 0.3) is 11.0 Å².